The topological polar surface area (TPSA) is 117 Å². The van der Waals surface area contributed by atoms with Gasteiger partial charge in [0.2, 0.25) is 5.91 Å². The number of fused-ring (bicyclic) bond motifs is 1. The van der Waals surface area contributed by atoms with Gasteiger partial charge in [0.15, 0.2) is 5.43 Å². The van der Waals surface area contributed by atoms with Gasteiger partial charge in [-0.2, -0.15) is 0 Å². The number of carbonyl (C=O) groups excluding carboxylic acids is 1. The van der Waals surface area contributed by atoms with Gasteiger partial charge in [0.05, 0.1) is 23.2 Å². The fraction of sp³-hybridized carbons (Fsp3) is 0.263. The molecule has 1 amide bonds. The molecule has 0 saturated carbocycles. The van der Waals surface area contributed by atoms with Gasteiger partial charge in [0, 0.05) is 24.8 Å². The maximum atomic E-state index is 12.3. The second-order valence-electron chi connectivity index (χ2n) is 6.89. The van der Waals surface area contributed by atoms with Gasteiger partial charge in [0.1, 0.15) is 17.3 Å². The zero-order valence-corrected chi connectivity index (χ0v) is 15.1. The molecule has 1 aliphatic rings. The minimum absolute atomic E-state index is 0.00263. The summed E-state index contributed by atoms with van der Waals surface area (Å²) >= 11 is 0. The monoisotopic (exact) mass is 364 g/mol. The molecule has 0 aliphatic carbocycles. The lowest BCUT2D eigenvalue weighted by molar-refractivity contribution is -0.120. The number of amides is 1. The van der Waals surface area contributed by atoms with Crippen LogP contribution in [0, 0.1) is 19.8 Å². The molecule has 0 bridgehead atoms. The number of nitrogens with two attached hydrogens (primary N) is 1. The SMILES string of the molecule is Cc1c[nH]c2nc(N3CC(C(=O)Nc4ccc(N)cn4)C3)cc(C)c2c1=O. The van der Waals surface area contributed by atoms with Crippen molar-refractivity contribution in [3.05, 3.63) is 51.9 Å². The highest BCUT2D eigenvalue weighted by Gasteiger charge is 2.34. The third kappa shape index (κ3) is 3.10. The molecule has 0 aromatic carbocycles. The van der Waals surface area contributed by atoms with E-state index in [1.54, 1.807) is 25.3 Å². The molecule has 4 N–H and O–H groups in total. The molecule has 1 aliphatic heterocycles. The average Bonchev–Trinajstić information content (AvgIpc) is 2.59. The molecule has 8 nitrogen and oxygen atoms in total. The quantitative estimate of drug-likeness (QED) is 0.650. The van der Waals surface area contributed by atoms with Crippen LogP contribution in [0.15, 0.2) is 35.4 Å². The number of aromatic amines is 1. The number of pyridine rings is 3. The number of hydrogen-bond donors (Lipinski definition) is 3. The molecular formula is C19H20N6O2. The molecule has 4 rings (SSSR count). The Morgan fingerprint density at radius 2 is 2.07 bits per heavy atom. The van der Waals surface area contributed by atoms with Gasteiger partial charge in [-0.05, 0) is 37.6 Å². The zero-order chi connectivity index (χ0) is 19.1. The van der Waals surface area contributed by atoms with E-state index in [0.717, 1.165) is 11.4 Å². The predicted octanol–water partition coefficient (Wildman–Crippen LogP) is 1.59. The first-order valence-corrected chi connectivity index (χ1v) is 8.69. The Balaban J connectivity index is 1.47. The number of anilines is 3. The number of nitrogens with zero attached hydrogens (tertiary/aromatic N) is 3. The van der Waals surface area contributed by atoms with Gasteiger partial charge in [-0.3, -0.25) is 9.59 Å². The van der Waals surface area contributed by atoms with E-state index in [4.69, 9.17) is 5.73 Å². The van der Waals surface area contributed by atoms with E-state index in [1.165, 1.54) is 6.20 Å². The Hall–Kier alpha value is -3.42. The Kier molecular flexibility index (Phi) is 4.02. The van der Waals surface area contributed by atoms with Crippen molar-refractivity contribution in [2.24, 2.45) is 5.92 Å². The normalized spacial score (nSPS) is 14.2. The van der Waals surface area contributed by atoms with Crippen molar-refractivity contribution < 1.29 is 4.79 Å². The first-order chi connectivity index (χ1) is 12.9. The van der Waals surface area contributed by atoms with Gasteiger partial charge in [-0.15, -0.1) is 0 Å². The summed E-state index contributed by atoms with van der Waals surface area (Å²) < 4.78 is 0. The van der Waals surface area contributed by atoms with E-state index in [9.17, 15) is 9.59 Å². The van der Waals surface area contributed by atoms with E-state index >= 15 is 0 Å². The first kappa shape index (κ1) is 17.0. The van der Waals surface area contributed by atoms with Gasteiger partial charge < -0.3 is 20.9 Å². The number of nitrogens with one attached hydrogen (secondary N) is 2. The van der Waals surface area contributed by atoms with Crippen LogP contribution >= 0.6 is 0 Å². The minimum atomic E-state index is -0.140. The lowest BCUT2D eigenvalue weighted by Gasteiger charge is -2.39. The predicted molar refractivity (Wildman–Crippen MR) is 105 cm³/mol. The number of aryl methyl sites for hydroxylation is 2. The van der Waals surface area contributed by atoms with E-state index in [-0.39, 0.29) is 17.3 Å². The summed E-state index contributed by atoms with van der Waals surface area (Å²) in [4.78, 5) is 38.4. The van der Waals surface area contributed by atoms with Crippen LogP contribution in [-0.2, 0) is 4.79 Å². The largest absolute Gasteiger partial charge is 0.397 e. The van der Waals surface area contributed by atoms with Crippen LogP contribution < -0.4 is 21.4 Å². The van der Waals surface area contributed by atoms with Gasteiger partial charge in [-0.25, -0.2) is 9.97 Å². The summed E-state index contributed by atoms with van der Waals surface area (Å²) in [6.07, 6.45) is 3.18. The van der Waals surface area contributed by atoms with Crippen molar-refractivity contribution in [2.75, 3.05) is 29.0 Å². The lowest BCUT2D eigenvalue weighted by atomic mass is 9.98. The van der Waals surface area contributed by atoms with Crippen molar-refractivity contribution >= 4 is 34.3 Å². The number of rotatable bonds is 3. The third-order valence-electron chi connectivity index (χ3n) is 4.83. The van der Waals surface area contributed by atoms with E-state index < -0.39 is 0 Å². The van der Waals surface area contributed by atoms with Crippen molar-refractivity contribution in [1.82, 2.24) is 15.0 Å². The second kappa shape index (κ2) is 6.39. The molecule has 4 heterocycles. The summed E-state index contributed by atoms with van der Waals surface area (Å²) in [5, 5.41) is 3.41. The van der Waals surface area contributed by atoms with Crippen LogP contribution in [0.4, 0.5) is 17.3 Å². The highest BCUT2D eigenvalue weighted by molar-refractivity contribution is 5.93. The number of hydrogen-bond acceptors (Lipinski definition) is 6. The highest BCUT2D eigenvalue weighted by Crippen LogP contribution is 2.26. The van der Waals surface area contributed by atoms with Crippen molar-refractivity contribution in [2.45, 2.75) is 13.8 Å². The molecule has 1 fully saturated rings. The van der Waals surface area contributed by atoms with Crippen molar-refractivity contribution in [1.29, 1.82) is 0 Å². The molecular weight excluding hydrogens is 344 g/mol. The van der Waals surface area contributed by atoms with Gasteiger partial charge in [0.25, 0.3) is 0 Å². The minimum Gasteiger partial charge on any atom is -0.397 e. The summed E-state index contributed by atoms with van der Waals surface area (Å²) in [6, 6.07) is 5.27. The maximum Gasteiger partial charge on any atom is 0.232 e. The molecule has 0 unspecified atom stereocenters. The van der Waals surface area contributed by atoms with E-state index in [2.05, 4.69) is 20.3 Å². The lowest BCUT2D eigenvalue weighted by Crippen LogP contribution is -2.52. The molecule has 0 atom stereocenters. The number of aromatic nitrogens is 3. The van der Waals surface area contributed by atoms with Gasteiger partial charge >= 0.3 is 0 Å². The number of carbonyl (C=O) groups is 1. The second-order valence-corrected chi connectivity index (χ2v) is 6.89. The van der Waals surface area contributed by atoms with E-state index in [1.807, 2.05) is 17.9 Å². The summed E-state index contributed by atoms with van der Waals surface area (Å²) in [5.41, 5.74) is 8.25. The summed E-state index contributed by atoms with van der Waals surface area (Å²) in [5.74, 6) is 1.03. The molecule has 8 heteroatoms. The number of nitrogen functional groups attached to an aromatic ring is 1. The Morgan fingerprint density at radius 3 is 2.78 bits per heavy atom. The van der Waals surface area contributed by atoms with Crippen LogP contribution in [0.25, 0.3) is 11.0 Å². The van der Waals surface area contributed by atoms with Crippen LogP contribution in [0.2, 0.25) is 0 Å². The van der Waals surface area contributed by atoms with Gasteiger partial charge in [-0.1, -0.05) is 0 Å². The summed E-state index contributed by atoms with van der Waals surface area (Å²) in [6.45, 7) is 4.81. The molecule has 0 spiro atoms. The van der Waals surface area contributed by atoms with Crippen molar-refractivity contribution in [3.8, 4) is 0 Å². The first-order valence-electron chi connectivity index (χ1n) is 8.69. The molecule has 0 radical (unpaired) electrons. The van der Waals surface area contributed by atoms with Crippen molar-refractivity contribution in [3.63, 3.8) is 0 Å². The molecule has 138 valence electrons. The Morgan fingerprint density at radius 1 is 1.30 bits per heavy atom. The number of H-pyrrole nitrogens is 1. The standard InChI is InChI=1S/C19H20N6O2/c1-10-5-15(24-18-16(10)17(26)11(2)6-22-18)25-8-12(9-25)19(27)23-14-4-3-13(20)7-21-14/h3-7,12H,8-9,20H2,1-2H3,(H,21,23,27)(H,22,24,26). The highest BCUT2D eigenvalue weighted by atomic mass is 16.2. The Bertz CT molecular complexity index is 1080. The Labute approximate surface area is 155 Å². The third-order valence-corrected chi connectivity index (χ3v) is 4.83. The summed E-state index contributed by atoms with van der Waals surface area (Å²) in [7, 11) is 0. The smallest absolute Gasteiger partial charge is 0.232 e. The average molecular weight is 364 g/mol. The van der Waals surface area contributed by atoms with Crippen LogP contribution in [-0.4, -0.2) is 33.9 Å². The fourth-order valence-electron chi connectivity index (χ4n) is 3.19. The molecule has 1 saturated heterocycles. The fourth-order valence-corrected chi connectivity index (χ4v) is 3.19. The van der Waals surface area contributed by atoms with Crippen LogP contribution in [0.3, 0.4) is 0 Å². The van der Waals surface area contributed by atoms with Crippen LogP contribution in [0.5, 0.6) is 0 Å². The van der Waals surface area contributed by atoms with E-state index in [0.29, 0.717) is 41.2 Å². The molecule has 3 aromatic heterocycles. The molecule has 27 heavy (non-hydrogen) atoms. The zero-order valence-electron chi connectivity index (χ0n) is 15.1. The maximum absolute atomic E-state index is 12.3. The molecule has 3 aromatic rings. The van der Waals surface area contributed by atoms with Crippen LogP contribution in [0.1, 0.15) is 11.1 Å².